The number of nitrogens with one attached hydrogen (secondary N) is 2. The molecule has 0 spiro atoms. The third kappa shape index (κ3) is 5.99. The number of anilines is 2. The molecule has 38 heavy (non-hydrogen) atoms. The fraction of sp³-hybridized carbons (Fsp3) is 0.240. The molecule has 3 aromatic rings. The monoisotopic (exact) mass is 545 g/mol. The van der Waals surface area contributed by atoms with Crippen LogP contribution in [0.25, 0.3) is 0 Å². The highest BCUT2D eigenvalue weighted by molar-refractivity contribution is 7.91. The first-order chi connectivity index (χ1) is 18.1. The number of fused-ring (bicyclic) bond motifs is 1. The predicted molar refractivity (Wildman–Crippen MR) is 136 cm³/mol. The molecular formula is C25H25F2N5O5S. The lowest BCUT2D eigenvalue weighted by Crippen LogP contribution is -2.54. The largest absolute Gasteiger partial charge is 0.497 e. The Bertz CT molecular complexity index is 1430. The van der Waals surface area contributed by atoms with Crippen molar-refractivity contribution in [2.45, 2.75) is 18.9 Å². The molecule has 1 aliphatic rings. The van der Waals surface area contributed by atoms with Crippen LogP contribution in [0.1, 0.15) is 11.1 Å². The molecule has 0 fully saturated rings. The maximum absolute atomic E-state index is 13.8. The van der Waals surface area contributed by atoms with Crippen LogP contribution in [0, 0.1) is 11.6 Å². The molecule has 1 aromatic heterocycles. The third-order valence-electron chi connectivity index (χ3n) is 5.96. The van der Waals surface area contributed by atoms with Gasteiger partial charge in [-0.3, -0.25) is 4.79 Å². The summed E-state index contributed by atoms with van der Waals surface area (Å²) in [4.78, 5) is 31.5. The van der Waals surface area contributed by atoms with Crippen molar-refractivity contribution < 1.29 is 31.5 Å². The summed E-state index contributed by atoms with van der Waals surface area (Å²) in [5.41, 5.74) is 1.24. The van der Waals surface area contributed by atoms with Gasteiger partial charge in [-0.15, -0.1) is 0 Å². The summed E-state index contributed by atoms with van der Waals surface area (Å²) >= 11 is 0. The molecule has 0 bridgehead atoms. The molecule has 0 saturated heterocycles. The zero-order valence-electron chi connectivity index (χ0n) is 20.5. The first kappa shape index (κ1) is 26.8. The number of amides is 3. The summed E-state index contributed by atoms with van der Waals surface area (Å²) in [6.07, 6.45) is 1.55. The van der Waals surface area contributed by atoms with Crippen LogP contribution in [-0.4, -0.2) is 52.1 Å². The van der Waals surface area contributed by atoms with Crippen LogP contribution < -0.4 is 24.0 Å². The van der Waals surface area contributed by atoms with Crippen LogP contribution in [0.5, 0.6) is 5.75 Å². The van der Waals surface area contributed by atoms with Crippen molar-refractivity contribution in [1.82, 2.24) is 15.0 Å². The van der Waals surface area contributed by atoms with Gasteiger partial charge in [-0.1, -0.05) is 6.07 Å². The molecule has 1 unspecified atom stereocenters. The van der Waals surface area contributed by atoms with Crippen LogP contribution in [0.3, 0.4) is 0 Å². The smallest absolute Gasteiger partial charge is 0.330 e. The molecule has 3 amide bonds. The molecule has 2 N–H and O–H groups in total. The van der Waals surface area contributed by atoms with Crippen LogP contribution in [0.15, 0.2) is 60.8 Å². The second-order valence-electron chi connectivity index (χ2n) is 8.52. The quantitative estimate of drug-likeness (QED) is 0.449. The first-order valence-electron chi connectivity index (χ1n) is 11.5. The highest BCUT2D eigenvalue weighted by Gasteiger charge is 2.33. The number of carbonyl (C=O) groups excluding carboxylic acids is 2. The maximum Gasteiger partial charge on any atom is 0.330 e. The number of rotatable bonds is 8. The van der Waals surface area contributed by atoms with E-state index in [1.54, 1.807) is 36.4 Å². The van der Waals surface area contributed by atoms with Crippen molar-refractivity contribution in [2.75, 3.05) is 29.9 Å². The Morgan fingerprint density at radius 1 is 1.13 bits per heavy atom. The van der Waals surface area contributed by atoms with E-state index in [4.69, 9.17) is 4.74 Å². The van der Waals surface area contributed by atoms with E-state index in [-0.39, 0.29) is 24.3 Å². The summed E-state index contributed by atoms with van der Waals surface area (Å²) in [5, 5.41) is 2.34. The zero-order chi connectivity index (χ0) is 27.4. The van der Waals surface area contributed by atoms with E-state index in [9.17, 15) is 26.8 Å². The van der Waals surface area contributed by atoms with Gasteiger partial charge in [0, 0.05) is 38.0 Å². The number of halogens is 2. The molecule has 13 heteroatoms. The molecule has 4 rings (SSSR count). The number of aromatic nitrogens is 1. The molecule has 2 heterocycles. The van der Waals surface area contributed by atoms with Crippen LogP contribution in [0.2, 0.25) is 0 Å². The van der Waals surface area contributed by atoms with E-state index in [0.29, 0.717) is 29.5 Å². The molecule has 0 radical (unpaired) electrons. The zero-order valence-corrected chi connectivity index (χ0v) is 21.3. The predicted octanol–water partition coefficient (Wildman–Crippen LogP) is 2.55. The van der Waals surface area contributed by atoms with Crippen molar-refractivity contribution in [2.24, 2.45) is 0 Å². The van der Waals surface area contributed by atoms with Crippen LogP contribution in [0.4, 0.5) is 25.1 Å². The highest BCUT2D eigenvalue weighted by Crippen LogP contribution is 2.27. The number of urea groups is 1. The molecule has 200 valence electrons. The SMILES string of the molecule is COc1ccc(N(C)C(=O)C(Cc2cc(F)cc(F)c2)NC(=O)NS(=O)(=O)N2CCc3cccnc32)cc1. The van der Waals surface area contributed by atoms with Gasteiger partial charge in [0.25, 0.3) is 0 Å². The maximum atomic E-state index is 13.8. The Labute approximate surface area is 218 Å². The molecule has 0 saturated carbocycles. The standard InChI is InChI=1S/C25H25F2N5O5S/c1-31(20-5-7-21(37-2)8-6-20)24(33)22(14-16-12-18(26)15-19(27)13-16)29-25(34)30-38(35,36)32-11-9-17-4-3-10-28-23(17)32/h3-8,10,12-13,15,22H,9,11,14H2,1-2H3,(H2,29,30,34). The average molecular weight is 546 g/mol. The van der Waals surface area contributed by atoms with Crippen LogP contribution >= 0.6 is 0 Å². The van der Waals surface area contributed by atoms with Crippen LogP contribution in [-0.2, 0) is 27.8 Å². The summed E-state index contributed by atoms with van der Waals surface area (Å²) in [6, 6.07) is 10.1. The van der Waals surface area contributed by atoms with E-state index in [2.05, 4.69) is 10.3 Å². The van der Waals surface area contributed by atoms with Crippen molar-refractivity contribution >= 4 is 33.7 Å². The minimum Gasteiger partial charge on any atom is -0.497 e. The van der Waals surface area contributed by atoms with Gasteiger partial charge in [0.05, 0.1) is 7.11 Å². The van der Waals surface area contributed by atoms with Gasteiger partial charge in [0.2, 0.25) is 5.91 Å². The van der Waals surface area contributed by atoms with Gasteiger partial charge >= 0.3 is 16.2 Å². The fourth-order valence-electron chi connectivity index (χ4n) is 4.10. The number of pyridine rings is 1. The Hall–Kier alpha value is -4.26. The van der Waals surface area contributed by atoms with Crippen molar-refractivity contribution in [3.05, 3.63) is 83.6 Å². The van der Waals surface area contributed by atoms with E-state index in [1.807, 2.05) is 4.72 Å². The second-order valence-corrected chi connectivity index (χ2v) is 10.1. The van der Waals surface area contributed by atoms with Crippen molar-refractivity contribution in [1.29, 1.82) is 0 Å². The minimum absolute atomic E-state index is 0.0834. The molecule has 1 aliphatic heterocycles. The Morgan fingerprint density at radius 2 is 1.82 bits per heavy atom. The second kappa shape index (κ2) is 11.0. The normalized spacial score (nSPS) is 13.4. The lowest BCUT2D eigenvalue weighted by molar-refractivity contribution is -0.120. The number of hydrogen-bond acceptors (Lipinski definition) is 6. The Morgan fingerprint density at radius 3 is 2.47 bits per heavy atom. The topological polar surface area (TPSA) is 121 Å². The third-order valence-corrected chi connectivity index (χ3v) is 7.33. The van der Waals surface area contributed by atoms with E-state index < -0.39 is 39.8 Å². The van der Waals surface area contributed by atoms with Gasteiger partial charge in [0.1, 0.15) is 29.2 Å². The molecule has 1 atom stereocenters. The Balaban J connectivity index is 1.55. The average Bonchev–Trinajstić information content (AvgIpc) is 3.32. The minimum atomic E-state index is -4.36. The number of likely N-dealkylation sites (N-methyl/N-ethyl adjacent to an activating group) is 1. The number of methoxy groups -OCH3 is 1. The number of hydrogen-bond donors (Lipinski definition) is 2. The molecule has 2 aromatic carbocycles. The molecule has 0 aliphatic carbocycles. The van der Waals surface area contributed by atoms with Gasteiger partial charge in [0.15, 0.2) is 0 Å². The van der Waals surface area contributed by atoms with Gasteiger partial charge < -0.3 is 15.0 Å². The first-order valence-corrected chi connectivity index (χ1v) is 12.9. The summed E-state index contributed by atoms with van der Waals surface area (Å²) in [6.45, 7) is 0.0834. The molecule has 10 nitrogen and oxygen atoms in total. The number of nitrogens with zero attached hydrogens (tertiary/aromatic N) is 3. The lowest BCUT2D eigenvalue weighted by Gasteiger charge is -2.26. The van der Waals surface area contributed by atoms with Gasteiger partial charge in [-0.2, -0.15) is 8.42 Å². The number of benzene rings is 2. The lowest BCUT2D eigenvalue weighted by atomic mass is 10.0. The molecular weight excluding hydrogens is 520 g/mol. The summed E-state index contributed by atoms with van der Waals surface area (Å²) < 4.78 is 61.5. The van der Waals surface area contributed by atoms with E-state index in [0.717, 1.165) is 16.4 Å². The Kier molecular flexibility index (Phi) is 7.76. The van der Waals surface area contributed by atoms with E-state index >= 15 is 0 Å². The van der Waals surface area contributed by atoms with Gasteiger partial charge in [-0.05, 0) is 60.0 Å². The highest BCUT2D eigenvalue weighted by atomic mass is 32.2. The van der Waals surface area contributed by atoms with Crippen molar-refractivity contribution in [3.8, 4) is 5.75 Å². The number of ether oxygens (including phenoxy) is 1. The number of carbonyl (C=O) groups is 2. The van der Waals surface area contributed by atoms with Crippen molar-refractivity contribution in [3.63, 3.8) is 0 Å². The summed E-state index contributed by atoms with van der Waals surface area (Å²) in [7, 11) is -1.42. The summed E-state index contributed by atoms with van der Waals surface area (Å²) in [5.74, 6) is -1.61. The fourth-order valence-corrected chi connectivity index (χ4v) is 5.23. The van der Waals surface area contributed by atoms with E-state index in [1.165, 1.54) is 25.3 Å². The van der Waals surface area contributed by atoms with Gasteiger partial charge in [-0.25, -0.2) is 27.6 Å².